The van der Waals surface area contributed by atoms with Crippen LogP contribution in [0, 0.1) is 11.3 Å². The largest absolute Gasteiger partial charge is 0.493 e. The topological polar surface area (TPSA) is 86.4 Å². The van der Waals surface area contributed by atoms with Crippen LogP contribution in [0.15, 0.2) is 48.7 Å². The number of nitriles is 1. The monoisotopic (exact) mass is 431 g/mol. The van der Waals surface area contributed by atoms with Crippen molar-refractivity contribution >= 4 is 5.97 Å². The molecule has 160 valence electrons. The van der Waals surface area contributed by atoms with Crippen molar-refractivity contribution in [1.82, 2.24) is 9.78 Å². The fourth-order valence-corrected chi connectivity index (χ4v) is 2.68. The molecule has 0 bridgehead atoms. The van der Waals surface area contributed by atoms with Crippen LogP contribution >= 0.6 is 0 Å². The molecule has 0 aliphatic rings. The van der Waals surface area contributed by atoms with Gasteiger partial charge >= 0.3 is 12.1 Å². The zero-order valence-electron chi connectivity index (χ0n) is 16.4. The van der Waals surface area contributed by atoms with Crippen LogP contribution in [-0.4, -0.2) is 29.5 Å². The third-order valence-electron chi connectivity index (χ3n) is 4.11. The predicted molar refractivity (Wildman–Crippen MR) is 102 cm³/mol. The van der Waals surface area contributed by atoms with E-state index in [1.807, 2.05) is 6.07 Å². The molecule has 1 aromatic heterocycles. The van der Waals surface area contributed by atoms with E-state index in [-0.39, 0.29) is 35.2 Å². The number of aromatic nitrogens is 2. The van der Waals surface area contributed by atoms with Crippen LogP contribution in [0.2, 0.25) is 0 Å². The summed E-state index contributed by atoms with van der Waals surface area (Å²) < 4.78 is 56.0. The van der Waals surface area contributed by atoms with Gasteiger partial charge in [0.2, 0.25) is 5.69 Å². The Kier molecular flexibility index (Phi) is 6.15. The minimum Gasteiger partial charge on any atom is -0.493 e. The molecule has 0 aliphatic heterocycles. The number of alkyl halides is 3. The Morgan fingerprint density at radius 1 is 1.16 bits per heavy atom. The average molecular weight is 431 g/mol. The maximum absolute atomic E-state index is 13.0. The SMILES string of the molecule is CCOc1cc(C#N)ccc1OC(=O)c1nn(-c2cccc(C(F)(F)F)c2)cc1OC. The van der Waals surface area contributed by atoms with Crippen LogP contribution < -0.4 is 14.2 Å². The standard InChI is InChI=1S/C21H16F3N3O4/c1-3-30-17-9-13(11-25)7-8-16(17)31-20(28)19-18(29-2)12-27(26-19)15-6-4-5-14(10-15)21(22,23)24/h4-10,12H,3H2,1-2H3. The first kappa shape index (κ1) is 21.7. The first-order valence-corrected chi connectivity index (χ1v) is 8.97. The van der Waals surface area contributed by atoms with Crippen LogP contribution in [0.5, 0.6) is 17.2 Å². The molecule has 0 N–H and O–H groups in total. The summed E-state index contributed by atoms with van der Waals surface area (Å²) in [5.74, 6) is -0.657. The number of carbonyl (C=O) groups is 1. The number of nitrogens with zero attached hydrogens (tertiary/aromatic N) is 3. The Balaban J connectivity index is 1.94. The second-order valence-corrected chi connectivity index (χ2v) is 6.13. The number of carbonyl (C=O) groups excluding carboxylic acids is 1. The van der Waals surface area contributed by atoms with Gasteiger partial charge in [0.05, 0.1) is 42.8 Å². The predicted octanol–water partition coefficient (Wildman–Crippen LogP) is 4.39. The highest BCUT2D eigenvalue weighted by molar-refractivity contribution is 5.92. The molecule has 31 heavy (non-hydrogen) atoms. The Morgan fingerprint density at radius 2 is 1.94 bits per heavy atom. The number of benzene rings is 2. The lowest BCUT2D eigenvalue weighted by Gasteiger charge is -2.10. The van der Waals surface area contributed by atoms with Gasteiger partial charge in [-0.3, -0.25) is 0 Å². The second-order valence-electron chi connectivity index (χ2n) is 6.13. The molecule has 2 aromatic carbocycles. The first-order chi connectivity index (χ1) is 14.8. The molecule has 1 heterocycles. The van der Waals surface area contributed by atoms with Gasteiger partial charge in [-0.2, -0.15) is 23.5 Å². The number of methoxy groups -OCH3 is 1. The van der Waals surface area contributed by atoms with Gasteiger partial charge in [0.25, 0.3) is 0 Å². The highest BCUT2D eigenvalue weighted by Crippen LogP contribution is 2.32. The van der Waals surface area contributed by atoms with E-state index in [0.29, 0.717) is 5.56 Å². The summed E-state index contributed by atoms with van der Waals surface area (Å²) in [6.07, 6.45) is -3.26. The summed E-state index contributed by atoms with van der Waals surface area (Å²) in [5.41, 5.74) is -0.704. The molecule has 0 atom stereocenters. The van der Waals surface area contributed by atoms with Crippen LogP contribution in [-0.2, 0) is 6.18 Å². The quantitative estimate of drug-likeness (QED) is 0.425. The summed E-state index contributed by atoms with van der Waals surface area (Å²) in [5, 5.41) is 13.1. The fourth-order valence-electron chi connectivity index (χ4n) is 2.68. The van der Waals surface area contributed by atoms with Gasteiger partial charge in [0.1, 0.15) is 0 Å². The normalized spacial score (nSPS) is 11.0. The van der Waals surface area contributed by atoms with Crippen molar-refractivity contribution in [3.63, 3.8) is 0 Å². The summed E-state index contributed by atoms with van der Waals surface area (Å²) in [4.78, 5) is 12.7. The molecule has 0 aliphatic carbocycles. The molecule has 10 heteroatoms. The zero-order valence-corrected chi connectivity index (χ0v) is 16.4. The third kappa shape index (κ3) is 4.78. The summed E-state index contributed by atoms with van der Waals surface area (Å²) in [7, 11) is 1.29. The summed E-state index contributed by atoms with van der Waals surface area (Å²) in [6.45, 7) is 2.00. The maximum Gasteiger partial charge on any atom is 0.416 e. The Hall–Kier alpha value is -4.00. The van der Waals surface area contributed by atoms with E-state index in [9.17, 15) is 18.0 Å². The molecule has 0 fully saturated rings. The van der Waals surface area contributed by atoms with Crippen LogP contribution in [0.3, 0.4) is 0 Å². The number of hydrogen-bond donors (Lipinski definition) is 0. The number of ether oxygens (including phenoxy) is 3. The van der Waals surface area contributed by atoms with Crippen molar-refractivity contribution in [3.8, 4) is 29.0 Å². The molecule has 0 saturated carbocycles. The smallest absolute Gasteiger partial charge is 0.416 e. The minimum atomic E-state index is -4.53. The van der Waals surface area contributed by atoms with E-state index in [4.69, 9.17) is 19.5 Å². The van der Waals surface area contributed by atoms with Crippen molar-refractivity contribution in [2.24, 2.45) is 0 Å². The highest BCUT2D eigenvalue weighted by atomic mass is 19.4. The Bertz CT molecular complexity index is 1150. The van der Waals surface area contributed by atoms with E-state index in [1.54, 1.807) is 6.92 Å². The van der Waals surface area contributed by atoms with Crippen molar-refractivity contribution in [2.45, 2.75) is 13.1 Å². The Labute approximate surface area is 175 Å². The van der Waals surface area contributed by atoms with Crippen molar-refractivity contribution in [1.29, 1.82) is 5.26 Å². The fraction of sp³-hybridized carbons (Fsp3) is 0.190. The van der Waals surface area contributed by atoms with Gasteiger partial charge in [-0.15, -0.1) is 0 Å². The highest BCUT2D eigenvalue weighted by Gasteiger charge is 2.31. The lowest BCUT2D eigenvalue weighted by Crippen LogP contribution is -2.12. The molecule has 0 unspecified atom stereocenters. The van der Waals surface area contributed by atoms with Gasteiger partial charge < -0.3 is 14.2 Å². The number of rotatable bonds is 6. The lowest BCUT2D eigenvalue weighted by atomic mass is 10.2. The van der Waals surface area contributed by atoms with E-state index < -0.39 is 17.7 Å². The van der Waals surface area contributed by atoms with Crippen molar-refractivity contribution < 1.29 is 32.2 Å². The van der Waals surface area contributed by atoms with Crippen LogP contribution in [0.25, 0.3) is 5.69 Å². The second kappa shape index (κ2) is 8.79. The maximum atomic E-state index is 13.0. The number of esters is 1. The number of hydrogen-bond acceptors (Lipinski definition) is 6. The van der Waals surface area contributed by atoms with Gasteiger partial charge in [-0.1, -0.05) is 6.07 Å². The van der Waals surface area contributed by atoms with E-state index in [2.05, 4.69) is 5.10 Å². The van der Waals surface area contributed by atoms with Crippen molar-refractivity contribution in [2.75, 3.05) is 13.7 Å². The zero-order chi connectivity index (χ0) is 22.6. The van der Waals surface area contributed by atoms with E-state index >= 15 is 0 Å². The Morgan fingerprint density at radius 3 is 2.58 bits per heavy atom. The molecule has 0 amide bonds. The average Bonchev–Trinajstić information content (AvgIpc) is 3.19. The molecular formula is C21H16F3N3O4. The summed E-state index contributed by atoms with van der Waals surface area (Å²) in [6, 6.07) is 10.7. The molecule has 3 aromatic rings. The van der Waals surface area contributed by atoms with Gasteiger partial charge in [-0.05, 0) is 37.3 Å². The lowest BCUT2D eigenvalue weighted by molar-refractivity contribution is -0.137. The molecule has 0 spiro atoms. The minimum absolute atomic E-state index is 0.00835. The molecule has 0 radical (unpaired) electrons. The van der Waals surface area contributed by atoms with Crippen molar-refractivity contribution in [3.05, 3.63) is 65.5 Å². The van der Waals surface area contributed by atoms with Crippen LogP contribution in [0.4, 0.5) is 13.2 Å². The molecule has 3 rings (SSSR count). The summed E-state index contributed by atoms with van der Waals surface area (Å²) >= 11 is 0. The van der Waals surface area contributed by atoms with E-state index in [1.165, 1.54) is 43.6 Å². The van der Waals surface area contributed by atoms with E-state index in [0.717, 1.165) is 16.8 Å². The molecular weight excluding hydrogens is 415 g/mol. The van der Waals surface area contributed by atoms with Crippen LogP contribution in [0.1, 0.15) is 28.5 Å². The first-order valence-electron chi connectivity index (χ1n) is 8.97. The molecule has 7 nitrogen and oxygen atoms in total. The molecule has 0 saturated heterocycles. The van der Waals surface area contributed by atoms with Gasteiger partial charge in [0, 0.05) is 6.07 Å². The van der Waals surface area contributed by atoms with Gasteiger partial charge in [-0.25, -0.2) is 9.48 Å². The number of halogens is 3. The third-order valence-corrected chi connectivity index (χ3v) is 4.11. The van der Waals surface area contributed by atoms with Gasteiger partial charge in [0.15, 0.2) is 17.2 Å².